The fraction of sp³-hybridized carbons (Fsp3) is 0.375. The molecule has 3 rings (SSSR count). The van der Waals surface area contributed by atoms with Gasteiger partial charge in [-0.15, -0.1) is 5.10 Å². The molecule has 0 spiro atoms. The average molecular weight is 394 g/mol. The van der Waals surface area contributed by atoms with Crippen molar-refractivity contribution in [3.63, 3.8) is 0 Å². The number of hydrogen-bond acceptors (Lipinski definition) is 5. The molecule has 0 N–H and O–H groups in total. The molecular formula is C16H17BrFN5O. The maximum Gasteiger partial charge on any atom is 0.231 e. The van der Waals surface area contributed by atoms with Gasteiger partial charge in [0.2, 0.25) is 5.95 Å². The molecule has 0 saturated carbocycles. The number of ether oxygens (including phenoxy) is 1. The zero-order chi connectivity index (χ0) is 17.3. The van der Waals surface area contributed by atoms with Crippen LogP contribution in [0.15, 0.2) is 29.0 Å². The van der Waals surface area contributed by atoms with Gasteiger partial charge in [-0.25, -0.2) is 9.67 Å². The monoisotopic (exact) mass is 393 g/mol. The van der Waals surface area contributed by atoms with Gasteiger partial charge in [0.05, 0.1) is 28.1 Å². The first kappa shape index (κ1) is 16.8. The van der Waals surface area contributed by atoms with Gasteiger partial charge < -0.3 is 4.74 Å². The van der Waals surface area contributed by atoms with Crippen LogP contribution in [0.4, 0.5) is 4.39 Å². The molecule has 0 aliphatic heterocycles. The Bertz CT molecular complexity index is 875. The van der Waals surface area contributed by atoms with Gasteiger partial charge in [-0.3, -0.25) is 4.98 Å². The molecule has 0 aliphatic carbocycles. The van der Waals surface area contributed by atoms with Crippen LogP contribution in [0.2, 0.25) is 0 Å². The lowest BCUT2D eigenvalue weighted by Gasteiger charge is -2.18. The Hall–Kier alpha value is -2.09. The standard InChI is InChI=1S/C16H17BrFN5O/c1-16(2,3)9-23-11-4-5-12(14(17)15(11)21-22-23)24-8-10-6-19-7-13(18)20-10/h4-7H,8-9H2,1-3H3. The molecule has 2 heterocycles. The normalized spacial score (nSPS) is 11.9. The molecule has 0 fully saturated rings. The van der Waals surface area contributed by atoms with Crippen molar-refractivity contribution in [1.82, 2.24) is 25.0 Å². The molecular weight excluding hydrogens is 377 g/mol. The van der Waals surface area contributed by atoms with Gasteiger partial charge in [0.25, 0.3) is 0 Å². The Labute approximate surface area is 147 Å². The van der Waals surface area contributed by atoms with Crippen molar-refractivity contribution >= 4 is 27.0 Å². The highest BCUT2D eigenvalue weighted by Gasteiger charge is 2.17. The average Bonchev–Trinajstić information content (AvgIpc) is 2.89. The Morgan fingerprint density at radius 2 is 2.04 bits per heavy atom. The number of hydrogen-bond donors (Lipinski definition) is 0. The second-order valence-electron chi connectivity index (χ2n) is 6.67. The molecule has 0 saturated heterocycles. The van der Waals surface area contributed by atoms with Crippen molar-refractivity contribution < 1.29 is 9.13 Å². The summed E-state index contributed by atoms with van der Waals surface area (Å²) in [5, 5.41) is 8.45. The van der Waals surface area contributed by atoms with E-state index in [9.17, 15) is 4.39 Å². The van der Waals surface area contributed by atoms with E-state index in [1.54, 1.807) is 0 Å². The fourth-order valence-corrected chi connectivity index (χ4v) is 2.79. The summed E-state index contributed by atoms with van der Waals surface area (Å²) in [6, 6.07) is 3.75. The van der Waals surface area contributed by atoms with Gasteiger partial charge in [0.1, 0.15) is 17.9 Å². The Morgan fingerprint density at radius 3 is 2.75 bits per heavy atom. The largest absolute Gasteiger partial charge is 0.486 e. The smallest absolute Gasteiger partial charge is 0.231 e. The highest BCUT2D eigenvalue weighted by atomic mass is 79.9. The first-order valence-electron chi connectivity index (χ1n) is 7.44. The Balaban J connectivity index is 1.84. The van der Waals surface area contributed by atoms with Gasteiger partial charge >= 0.3 is 0 Å². The maximum absolute atomic E-state index is 13.1. The second-order valence-corrected chi connectivity index (χ2v) is 7.47. The molecule has 126 valence electrons. The third kappa shape index (κ3) is 3.69. The van der Waals surface area contributed by atoms with Crippen LogP contribution in [0.3, 0.4) is 0 Å². The van der Waals surface area contributed by atoms with Crippen LogP contribution in [0, 0.1) is 11.4 Å². The van der Waals surface area contributed by atoms with Crippen molar-refractivity contribution in [2.75, 3.05) is 0 Å². The van der Waals surface area contributed by atoms with Crippen molar-refractivity contribution in [3.05, 3.63) is 40.6 Å². The highest BCUT2D eigenvalue weighted by Crippen LogP contribution is 2.33. The van der Waals surface area contributed by atoms with E-state index in [-0.39, 0.29) is 12.0 Å². The van der Waals surface area contributed by atoms with E-state index in [2.05, 4.69) is 57.0 Å². The van der Waals surface area contributed by atoms with E-state index in [4.69, 9.17) is 4.74 Å². The molecule has 0 unspecified atom stereocenters. The van der Waals surface area contributed by atoms with E-state index < -0.39 is 5.95 Å². The van der Waals surface area contributed by atoms with Crippen LogP contribution in [0.5, 0.6) is 5.75 Å². The quantitative estimate of drug-likeness (QED) is 0.675. The van der Waals surface area contributed by atoms with Crippen LogP contribution >= 0.6 is 15.9 Å². The summed E-state index contributed by atoms with van der Waals surface area (Å²) in [6.07, 6.45) is 2.52. The summed E-state index contributed by atoms with van der Waals surface area (Å²) in [5.74, 6) is -0.0351. The van der Waals surface area contributed by atoms with E-state index in [1.165, 1.54) is 6.20 Å². The lowest BCUT2D eigenvalue weighted by molar-refractivity contribution is 0.297. The topological polar surface area (TPSA) is 65.7 Å². The predicted molar refractivity (Wildman–Crippen MR) is 91.0 cm³/mol. The third-order valence-corrected chi connectivity index (χ3v) is 4.01. The summed E-state index contributed by atoms with van der Waals surface area (Å²) in [7, 11) is 0. The van der Waals surface area contributed by atoms with Crippen molar-refractivity contribution in [3.8, 4) is 5.75 Å². The number of aromatic nitrogens is 5. The number of benzene rings is 1. The Kier molecular flexibility index (Phi) is 4.49. The lowest BCUT2D eigenvalue weighted by Crippen LogP contribution is -2.16. The highest BCUT2D eigenvalue weighted by molar-refractivity contribution is 9.10. The summed E-state index contributed by atoms with van der Waals surface area (Å²) in [4.78, 5) is 7.47. The van der Waals surface area contributed by atoms with Crippen LogP contribution in [-0.2, 0) is 13.2 Å². The number of halogens is 2. The second kappa shape index (κ2) is 6.43. The zero-order valence-electron chi connectivity index (χ0n) is 13.6. The SMILES string of the molecule is CC(C)(C)Cn1nnc2c(Br)c(OCc3cncc(F)n3)ccc21. The molecule has 8 heteroatoms. The first-order chi connectivity index (χ1) is 11.3. The molecule has 1 aromatic carbocycles. The van der Waals surface area contributed by atoms with E-state index in [0.29, 0.717) is 15.9 Å². The summed E-state index contributed by atoms with van der Waals surface area (Å²) in [5.41, 5.74) is 2.16. The van der Waals surface area contributed by atoms with Crippen LogP contribution in [-0.4, -0.2) is 25.0 Å². The molecule has 0 amide bonds. The van der Waals surface area contributed by atoms with Gasteiger partial charge in [0.15, 0.2) is 0 Å². The minimum Gasteiger partial charge on any atom is -0.486 e. The summed E-state index contributed by atoms with van der Waals surface area (Å²) in [6.45, 7) is 7.31. The van der Waals surface area contributed by atoms with Crippen molar-refractivity contribution in [2.24, 2.45) is 5.41 Å². The van der Waals surface area contributed by atoms with Gasteiger partial charge in [-0.1, -0.05) is 26.0 Å². The number of fused-ring (bicyclic) bond motifs is 1. The molecule has 0 bridgehead atoms. The first-order valence-corrected chi connectivity index (χ1v) is 8.24. The third-order valence-electron chi connectivity index (χ3n) is 3.24. The summed E-state index contributed by atoms with van der Waals surface area (Å²) < 4.78 is 21.4. The van der Waals surface area contributed by atoms with Crippen LogP contribution < -0.4 is 4.74 Å². The van der Waals surface area contributed by atoms with Crippen molar-refractivity contribution in [2.45, 2.75) is 33.9 Å². The molecule has 0 aliphatic rings. The van der Waals surface area contributed by atoms with E-state index in [1.807, 2.05) is 16.8 Å². The van der Waals surface area contributed by atoms with Crippen LogP contribution in [0.25, 0.3) is 11.0 Å². The molecule has 0 radical (unpaired) electrons. The van der Waals surface area contributed by atoms with E-state index >= 15 is 0 Å². The molecule has 2 aromatic heterocycles. The number of nitrogens with zero attached hydrogens (tertiary/aromatic N) is 5. The van der Waals surface area contributed by atoms with Gasteiger partial charge in [0, 0.05) is 6.54 Å². The lowest BCUT2D eigenvalue weighted by atomic mass is 9.97. The minimum absolute atomic E-state index is 0.0956. The summed E-state index contributed by atoms with van der Waals surface area (Å²) >= 11 is 3.51. The zero-order valence-corrected chi connectivity index (χ0v) is 15.2. The maximum atomic E-state index is 13.1. The predicted octanol–water partition coefficient (Wildman–Crippen LogP) is 3.75. The molecule has 0 atom stereocenters. The minimum atomic E-state index is -0.629. The number of rotatable bonds is 4. The molecule has 24 heavy (non-hydrogen) atoms. The van der Waals surface area contributed by atoms with E-state index in [0.717, 1.165) is 23.8 Å². The fourth-order valence-electron chi connectivity index (χ4n) is 2.26. The Morgan fingerprint density at radius 1 is 1.25 bits per heavy atom. The van der Waals surface area contributed by atoms with Crippen molar-refractivity contribution in [1.29, 1.82) is 0 Å². The molecule has 6 nitrogen and oxygen atoms in total. The van der Waals surface area contributed by atoms with Crippen LogP contribution in [0.1, 0.15) is 26.5 Å². The van der Waals surface area contributed by atoms with Gasteiger partial charge in [-0.2, -0.15) is 4.39 Å². The van der Waals surface area contributed by atoms with Gasteiger partial charge in [-0.05, 0) is 33.5 Å². The molecule has 3 aromatic rings.